The number of quaternary nitrogens is 1. The number of aromatic nitrogens is 2. The topological polar surface area (TPSA) is 63.1 Å². The Balaban J connectivity index is 3.46. The number of carbonyl (C=O) groups is 1. The normalized spacial score (nSPS) is 12.6. The highest BCUT2D eigenvalue weighted by molar-refractivity contribution is 5.88. The molecule has 0 aromatic carbocycles. The molecule has 0 fully saturated rings. The summed E-state index contributed by atoms with van der Waals surface area (Å²) in [6.07, 6.45) is -4.14. The molecule has 17 heavy (non-hydrogen) atoms. The zero-order chi connectivity index (χ0) is 13.4. The summed E-state index contributed by atoms with van der Waals surface area (Å²) in [5, 5.41) is 8.64. The predicted octanol–water partition coefficient (Wildman–Crippen LogP) is 1.39. The van der Waals surface area contributed by atoms with Crippen LogP contribution in [-0.2, 0) is 6.18 Å². The van der Waals surface area contributed by atoms with Gasteiger partial charge in [-0.1, -0.05) is 0 Å². The number of carboxylic acid groups (broad SMARTS) is 1. The lowest BCUT2D eigenvalue weighted by Crippen LogP contribution is -2.37. The molecule has 0 unspecified atom stereocenters. The number of halogens is 3. The molecule has 5 nitrogen and oxygen atoms in total. The summed E-state index contributed by atoms with van der Waals surface area (Å²) in [5.41, 5.74) is -2.38. The van der Waals surface area contributed by atoms with Gasteiger partial charge in [0.05, 0.1) is 27.3 Å². The molecular weight excluding hydrogens is 239 g/mol. The van der Waals surface area contributed by atoms with E-state index in [-0.39, 0.29) is 10.4 Å². The average Bonchev–Trinajstić information content (AvgIpc) is 2.14. The molecule has 1 N–H and O–H groups in total. The fraction of sp³-hybridized carbons (Fsp3) is 0.444. The minimum Gasteiger partial charge on any atom is -0.478 e. The zero-order valence-corrected chi connectivity index (χ0v) is 9.41. The molecular formula is C9H11F3N3O2+. The van der Waals surface area contributed by atoms with Crippen LogP contribution in [0, 0.1) is 0 Å². The molecule has 94 valence electrons. The van der Waals surface area contributed by atoms with Crippen molar-refractivity contribution >= 4 is 11.9 Å². The maximum absolute atomic E-state index is 12.6. The van der Waals surface area contributed by atoms with Crippen molar-refractivity contribution in [3.05, 3.63) is 17.5 Å². The van der Waals surface area contributed by atoms with Gasteiger partial charge in [0.25, 0.3) is 0 Å². The monoisotopic (exact) mass is 250 g/mol. The van der Waals surface area contributed by atoms with Gasteiger partial charge in [-0.2, -0.15) is 23.1 Å². The molecule has 1 aromatic heterocycles. The third-order valence-corrected chi connectivity index (χ3v) is 1.87. The Labute approximate surface area is 95.1 Å². The highest BCUT2D eigenvalue weighted by atomic mass is 19.4. The van der Waals surface area contributed by atoms with Gasteiger partial charge in [-0.25, -0.2) is 4.79 Å². The SMILES string of the molecule is C[N+](C)(C)c1ncc(C(=O)O)c(C(F)(F)F)n1. The van der Waals surface area contributed by atoms with E-state index in [1.807, 2.05) is 0 Å². The van der Waals surface area contributed by atoms with Crippen molar-refractivity contribution in [2.24, 2.45) is 0 Å². The van der Waals surface area contributed by atoms with Gasteiger partial charge in [0, 0.05) is 0 Å². The Hall–Kier alpha value is -1.70. The fourth-order valence-corrected chi connectivity index (χ4v) is 1.07. The average molecular weight is 250 g/mol. The number of hydrogen-bond acceptors (Lipinski definition) is 3. The highest BCUT2D eigenvalue weighted by Crippen LogP contribution is 2.31. The van der Waals surface area contributed by atoms with Crippen molar-refractivity contribution in [1.29, 1.82) is 0 Å². The standard InChI is InChI=1S/C9H10F3N3O2/c1-15(2,3)8-13-4-5(7(16)17)6(14-8)9(10,11)12/h4H,1-3H3/p+1. The van der Waals surface area contributed by atoms with E-state index in [0.29, 0.717) is 6.20 Å². The number of alkyl halides is 3. The summed E-state index contributed by atoms with van der Waals surface area (Å²) in [7, 11) is 4.74. The summed E-state index contributed by atoms with van der Waals surface area (Å²) in [6.45, 7) is 0. The Kier molecular flexibility index (Phi) is 3.11. The molecule has 1 heterocycles. The van der Waals surface area contributed by atoms with Crippen LogP contribution in [0.2, 0.25) is 0 Å². The molecule has 0 aliphatic carbocycles. The number of carboxylic acids is 1. The van der Waals surface area contributed by atoms with Crippen LogP contribution in [0.3, 0.4) is 0 Å². The minimum absolute atomic E-state index is 0.0387. The molecule has 1 rings (SSSR count). The van der Waals surface area contributed by atoms with Crippen molar-refractivity contribution in [1.82, 2.24) is 14.5 Å². The van der Waals surface area contributed by atoms with Crippen molar-refractivity contribution in [3.8, 4) is 0 Å². The lowest BCUT2D eigenvalue weighted by molar-refractivity contribution is -0.141. The van der Waals surface area contributed by atoms with Crippen molar-refractivity contribution < 1.29 is 23.1 Å². The van der Waals surface area contributed by atoms with Crippen molar-refractivity contribution in [2.45, 2.75) is 6.18 Å². The van der Waals surface area contributed by atoms with E-state index in [4.69, 9.17) is 5.11 Å². The lowest BCUT2D eigenvalue weighted by Gasteiger charge is -2.21. The first-order valence-corrected chi connectivity index (χ1v) is 4.53. The van der Waals surface area contributed by atoms with E-state index < -0.39 is 23.4 Å². The van der Waals surface area contributed by atoms with E-state index >= 15 is 0 Å². The van der Waals surface area contributed by atoms with Crippen LogP contribution in [0.15, 0.2) is 6.20 Å². The Morgan fingerprint density at radius 3 is 2.24 bits per heavy atom. The molecule has 0 radical (unpaired) electrons. The Morgan fingerprint density at radius 2 is 1.88 bits per heavy atom. The Morgan fingerprint density at radius 1 is 1.35 bits per heavy atom. The van der Waals surface area contributed by atoms with Gasteiger partial charge in [-0.15, -0.1) is 0 Å². The molecule has 0 spiro atoms. The number of aromatic carboxylic acids is 1. The summed E-state index contributed by atoms with van der Waals surface area (Å²) < 4.78 is 37.8. The largest absolute Gasteiger partial charge is 0.478 e. The highest BCUT2D eigenvalue weighted by Gasteiger charge is 2.39. The Bertz CT molecular complexity index is 452. The number of hydrogen-bond donors (Lipinski definition) is 1. The third kappa shape index (κ3) is 2.90. The van der Waals surface area contributed by atoms with Crippen LogP contribution in [0.5, 0.6) is 0 Å². The van der Waals surface area contributed by atoms with Crippen LogP contribution in [-0.4, -0.2) is 42.2 Å². The second-order valence-electron chi connectivity index (χ2n) is 4.25. The number of nitrogens with zero attached hydrogens (tertiary/aromatic N) is 3. The molecule has 0 saturated heterocycles. The lowest BCUT2D eigenvalue weighted by atomic mass is 10.2. The molecule has 0 amide bonds. The van der Waals surface area contributed by atoms with Gasteiger partial charge in [0.1, 0.15) is 5.56 Å². The van der Waals surface area contributed by atoms with Crippen LogP contribution < -0.4 is 4.48 Å². The van der Waals surface area contributed by atoms with Gasteiger partial charge in [0.2, 0.25) is 0 Å². The predicted molar refractivity (Wildman–Crippen MR) is 53.6 cm³/mol. The van der Waals surface area contributed by atoms with Gasteiger partial charge >= 0.3 is 18.1 Å². The molecule has 0 aliphatic heterocycles. The van der Waals surface area contributed by atoms with Crippen LogP contribution in [0.1, 0.15) is 16.1 Å². The number of rotatable bonds is 2. The van der Waals surface area contributed by atoms with Gasteiger partial charge in [-0.05, 0) is 0 Å². The minimum atomic E-state index is -4.82. The van der Waals surface area contributed by atoms with Crippen LogP contribution in [0.25, 0.3) is 0 Å². The zero-order valence-electron chi connectivity index (χ0n) is 9.41. The van der Waals surface area contributed by atoms with E-state index in [9.17, 15) is 18.0 Å². The van der Waals surface area contributed by atoms with Gasteiger partial charge in [0.15, 0.2) is 5.69 Å². The molecule has 1 aromatic rings. The quantitative estimate of drug-likeness (QED) is 0.806. The van der Waals surface area contributed by atoms with E-state index in [1.54, 1.807) is 21.1 Å². The molecule has 0 bridgehead atoms. The maximum Gasteiger partial charge on any atom is 0.434 e. The second-order valence-corrected chi connectivity index (χ2v) is 4.25. The van der Waals surface area contributed by atoms with Gasteiger partial charge < -0.3 is 5.11 Å². The molecule has 0 aliphatic rings. The summed E-state index contributed by atoms with van der Waals surface area (Å²) in [4.78, 5) is 17.6. The first-order chi connectivity index (χ1) is 7.53. The maximum atomic E-state index is 12.6. The molecule has 0 saturated carbocycles. The molecule has 0 atom stereocenters. The van der Waals surface area contributed by atoms with Crippen LogP contribution >= 0.6 is 0 Å². The van der Waals surface area contributed by atoms with Crippen molar-refractivity contribution in [2.75, 3.05) is 21.1 Å². The third-order valence-electron chi connectivity index (χ3n) is 1.87. The summed E-state index contributed by atoms with van der Waals surface area (Å²) in [6, 6.07) is 0. The fourth-order valence-electron chi connectivity index (χ4n) is 1.07. The van der Waals surface area contributed by atoms with E-state index in [2.05, 4.69) is 9.97 Å². The van der Waals surface area contributed by atoms with E-state index in [1.165, 1.54) is 0 Å². The van der Waals surface area contributed by atoms with Gasteiger partial charge in [-0.3, -0.25) is 4.48 Å². The smallest absolute Gasteiger partial charge is 0.434 e. The van der Waals surface area contributed by atoms with Crippen molar-refractivity contribution in [3.63, 3.8) is 0 Å². The first kappa shape index (κ1) is 13.4. The summed E-state index contributed by atoms with van der Waals surface area (Å²) in [5.74, 6) is -1.81. The second kappa shape index (κ2) is 3.95. The van der Waals surface area contributed by atoms with E-state index in [0.717, 1.165) is 0 Å². The summed E-state index contributed by atoms with van der Waals surface area (Å²) >= 11 is 0. The van der Waals surface area contributed by atoms with Crippen LogP contribution in [0.4, 0.5) is 19.1 Å². The molecule has 8 heteroatoms. The first-order valence-electron chi connectivity index (χ1n) is 4.53.